The Bertz CT molecular complexity index is 411. The maximum Gasteiger partial charge on any atom is 0.243 e. The maximum atomic E-state index is 11.5. The molecule has 3 nitrogen and oxygen atoms in total. The number of nitrogens with two attached hydrogens (primary N) is 1. The van der Waals surface area contributed by atoms with Crippen molar-refractivity contribution in [1.82, 2.24) is 5.32 Å². The summed E-state index contributed by atoms with van der Waals surface area (Å²) in [5, 5.41) is 2.87. The molecular formula is C15H22N2O. The Hall–Kier alpha value is -1.77. The predicted octanol–water partition coefficient (Wildman–Crippen LogP) is 2.83. The van der Waals surface area contributed by atoms with Crippen molar-refractivity contribution < 1.29 is 4.79 Å². The van der Waals surface area contributed by atoms with Crippen LogP contribution in [-0.4, -0.2) is 12.5 Å². The van der Waals surface area contributed by atoms with E-state index in [1.54, 1.807) is 12.2 Å². The SMILES string of the molecule is CC(C)CCCNC(=O)/C=C/c1cccc(N)c1. The monoisotopic (exact) mass is 246 g/mol. The summed E-state index contributed by atoms with van der Waals surface area (Å²) in [7, 11) is 0. The lowest BCUT2D eigenvalue weighted by Crippen LogP contribution is -2.22. The molecule has 0 aromatic heterocycles. The van der Waals surface area contributed by atoms with Gasteiger partial charge in [-0.25, -0.2) is 0 Å². The first-order chi connectivity index (χ1) is 8.58. The molecule has 1 amide bonds. The molecule has 0 spiro atoms. The Balaban J connectivity index is 2.31. The van der Waals surface area contributed by atoms with Crippen LogP contribution in [0.15, 0.2) is 30.3 Å². The summed E-state index contributed by atoms with van der Waals surface area (Å²) in [6.07, 6.45) is 5.48. The standard InChI is InChI=1S/C15H22N2O/c1-12(2)5-4-10-17-15(18)9-8-13-6-3-7-14(16)11-13/h3,6-9,11-12H,4-5,10,16H2,1-2H3,(H,17,18)/b9-8+. The Morgan fingerprint density at radius 3 is 2.89 bits per heavy atom. The second-order valence-electron chi connectivity index (χ2n) is 4.83. The maximum absolute atomic E-state index is 11.5. The fourth-order valence-electron chi connectivity index (χ4n) is 1.62. The first kappa shape index (κ1) is 14.3. The Morgan fingerprint density at radius 2 is 2.22 bits per heavy atom. The van der Waals surface area contributed by atoms with Crippen LogP contribution in [0.2, 0.25) is 0 Å². The number of hydrogen-bond donors (Lipinski definition) is 2. The van der Waals surface area contributed by atoms with Crippen LogP contribution >= 0.6 is 0 Å². The number of anilines is 1. The summed E-state index contributed by atoms with van der Waals surface area (Å²) in [4.78, 5) is 11.5. The van der Waals surface area contributed by atoms with Crippen LogP contribution in [0.1, 0.15) is 32.3 Å². The highest BCUT2D eigenvalue weighted by atomic mass is 16.1. The lowest BCUT2D eigenvalue weighted by molar-refractivity contribution is -0.116. The molecule has 0 aliphatic carbocycles. The second kappa shape index (κ2) is 7.54. The van der Waals surface area contributed by atoms with E-state index in [9.17, 15) is 4.79 Å². The summed E-state index contributed by atoms with van der Waals surface area (Å²) in [6.45, 7) is 5.10. The van der Waals surface area contributed by atoms with Gasteiger partial charge in [0.15, 0.2) is 0 Å². The molecule has 0 atom stereocenters. The third-order valence-corrected chi connectivity index (χ3v) is 2.60. The molecular weight excluding hydrogens is 224 g/mol. The van der Waals surface area contributed by atoms with Crippen LogP contribution in [-0.2, 0) is 4.79 Å². The number of hydrogen-bond acceptors (Lipinski definition) is 2. The summed E-state index contributed by atoms with van der Waals surface area (Å²) < 4.78 is 0. The zero-order valence-corrected chi connectivity index (χ0v) is 11.1. The molecule has 3 heteroatoms. The Labute approximate surface area is 109 Å². The number of carbonyl (C=O) groups excluding carboxylic acids is 1. The fraction of sp³-hybridized carbons (Fsp3) is 0.400. The van der Waals surface area contributed by atoms with Gasteiger partial charge < -0.3 is 11.1 Å². The van der Waals surface area contributed by atoms with Gasteiger partial charge >= 0.3 is 0 Å². The topological polar surface area (TPSA) is 55.1 Å². The van der Waals surface area contributed by atoms with Gasteiger partial charge in [0.2, 0.25) is 5.91 Å². The third kappa shape index (κ3) is 6.09. The van der Waals surface area contributed by atoms with Gasteiger partial charge in [-0.15, -0.1) is 0 Å². The lowest BCUT2D eigenvalue weighted by Gasteiger charge is -2.04. The van der Waals surface area contributed by atoms with Crippen molar-refractivity contribution in [2.45, 2.75) is 26.7 Å². The molecule has 0 unspecified atom stereocenters. The molecule has 0 fully saturated rings. The van der Waals surface area contributed by atoms with Gasteiger partial charge in [0, 0.05) is 18.3 Å². The van der Waals surface area contributed by atoms with Gasteiger partial charge in [0.1, 0.15) is 0 Å². The van der Waals surface area contributed by atoms with Crippen molar-refractivity contribution in [3.8, 4) is 0 Å². The largest absolute Gasteiger partial charge is 0.399 e. The zero-order valence-electron chi connectivity index (χ0n) is 11.1. The summed E-state index contributed by atoms with van der Waals surface area (Å²) in [5.41, 5.74) is 7.30. The lowest BCUT2D eigenvalue weighted by atomic mass is 10.1. The Morgan fingerprint density at radius 1 is 1.44 bits per heavy atom. The van der Waals surface area contributed by atoms with Crippen molar-refractivity contribution in [2.24, 2.45) is 5.92 Å². The summed E-state index contributed by atoms with van der Waals surface area (Å²) >= 11 is 0. The zero-order chi connectivity index (χ0) is 13.4. The third-order valence-electron chi connectivity index (χ3n) is 2.60. The van der Waals surface area contributed by atoms with E-state index >= 15 is 0 Å². The summed E-state index contributed by atoms with van der Waals surface area (Å²) in [5.74, 6) is 0.630. The smallest absolute Gasteiger partial charge is 0.243 e. The van der Waals surface area contributed by atoms with Gasteiger partial charge in [0.05, 0.1) is 0 Å². The van der Waals surface area contributed by atoms with Crippen LogP contribution in [0, 0.1) is 5.92 Å². The van der Waals surface area contributed by atoms with Gasteiger partial charge in [0.25, 0.3) is 0 Å². The second-order valence-corrected chi connectivity index (χ2v) is 4.83. The van der Waals surface area contributed by atoms with Gasteiger partial charge in [-0.05, 0) is 42.5 Å². The highest BCUT2D eigenvalue weighted by molar-refractivity contribution is 5.91. The van der Waals surface area contributed by atoms with Gasteiger partial charge in [-0.2, -0.15) is 0 Å². The van der Waals surface area contributed by atoms with Gasteiger partial charge in [-0.3, -0.25) is 4.79 Å². The average Bonchev–Trinajstić information content (AvgIpc) is 2.32. The van der Waals surface area contributed by atoms with Crippen LogP contribution in [0.25, 0.3) is 6.08 Å². The minimum absolute atomic E-state index is 0.0545. The van der Waals surface area contributed by atoms with E-state index in [2.05, 4.69) is 19.2 Å². The number of nitrogen functional groups attached to an aromatic ring is 1. The van der Waals surface area contributed by atoms with E-state index < -0.39 is 0 Å². The minimum Gasteiger partial charge on any atom is -0.399 e. The van der Waals surface area contributed by atoms with Crippen molar-refractivity contribution in [3.05, 3.63) is 35.9 Å². The molecule has 0 aliphatic rings. The van der Waals surface area contributed by atoms with Crippen molar-refractivity contribution >= 4 is 17.7 Å². The van der Waals surface area contributed by atoms with E-state index in [4.69, 9.17) is 5.73 Å². The van der Waals surface area contributed by atoms with Crippen LogP contribution in [0.3, 0.4) is 0 Å². The quantitative estimate of drug-likeness (QED) is 0.460. The van der Waals surface area contributed by atoms with Crippen molar-refractivity contribution in [1.29, 1.82) is 0 Å². The molecule has 3 N–H and O–H groups in total. The van der Waals surface area contributed by atoms with Crippen LogP contribution in [0.5, 0.6) is 0 Å². The molecule has 1 rings (SSSR count). The number of rotatable bonds is 6. The molecule has 0 saturated carbocycles. The molecule has 0 heterocycles. The first-order valence-corrected chi connectivity index (χ1v) is 6.39. The molecule has 1 aromatic carbocycles. The number of nitrogens with one attached hydrogen (secondary N) is 1. The minimum atomic E-state index is -0.0545. The average molecular weight is 246 g/mol. The van der Waals surface area contributed by atoms with E-state index in [0.29, 0.717) is 11.6 Å². The van der Waals surface area contributed by atoms with Crippen molar-refractivity contribution in [3.63, 3.8) is 0 Å². The molecule has 0 bridgehead atoms. The van der Waals surface area contributed by atoms with Crippen LogP contribution in [0.4, 0.5) is 5.69 Å². The molecule has 0 saturated heterocycles. The van der Waals surface area contributed by atoms with E-state index in [1.807, 2.05) is 24.3 Å². The van der Waals surface area contributed by atoms with Gasteiger partial charge in [-0.1, -0.05) is 26.0 Å². The van der Waals surface area contributed by atoms with E-state index in [0.717, 1.165) is 24.9 Å². The normalized spacial score (nSPS) is 11.1. The predicted molar refractivity (Wildman–Crippen MR) is 77.0 cm³/mol. The molecule has 98 valence electrons. The van der Waals surface area contributed by atoms with E-state index in [-0.39, 0.29) is 5.91 Å². The van der Waals surface area contributed by atoms with Crippen molar-refractivity contribution in [2.75, 3.05) is 12.3 Å². The Kier molecular flexibility index (Phi) is 5.98. The fourth-order valence-corrected chi connectivity index (χ4v) is 1.62. The molecule has 0 aliphatic heterocycles. The number of carbonyl (C=O) groups is 1. The molecule has 18 heavy (non-hydrogen) atoms. The highest BCUT2D eigenvalue weighted by Crippen LogP contribution is 2.07. The number of amides is 1. The highest BCUT2D eigenvalue weighted by Gasteiger charge is 1.97. The number of benzene rings is 1. The molecule has 1 aromatic rings. The first-order valence-electron chi connectivity index (χ1n) is 6.39. The van der Waals surface area contributed by atoms with E-state index in [1.165, 1.54) is 0 Å². The van der Waals surface area contributed by atoms with Crippen LogP contribution < -0.4 is 11.1 Å². The molecule has 0 radical (unpaired) electrons. The summed E-state index contributed by atoms with van der Waals surface area (Å²) in [6, 6.07) is 7.44.